The first kappa shape index (κ1) is 16.6. The normalized spacial score (nSPS) is 12.5. The molecule has 0 fully saturated rings. The molecule has 0 aliphatic carbocycles. The zero-order chi connectivity index (χ0) is 13.3. The van der Waals surface area contributed by atoms with E-state index in [9.17, 15) is 4.79 Å². The Morgan fingerprint density at radius 2 is 1.22 bits per heavy atom. The Morgan fingerprint density at radius 1 is 0.667 bits per heavy atom. The fraction of sp³-hybridized carbons (Fsp3) is 0.471. The molecule has 0 radical (unpaired) electrons. The summed E-state index contributed by atoms with van der Waals surface area (Å²) < 4.78 is 0. The lowest BCUT2D eigenvalue weighted by molar-refractivity contribution is -0.107. The average Bonchev–Trinajstić information content (AvgIpc) is 2.39. The molecular weight excluding hydrogens is 220 g/mol. The van der Waals surface area contributed by atoms with E-state index in [1.165, 1.54) is 19.3 Å². The van der Waals surface area contributed by atoms with Crippen LogP contribution in [-0.2, 0) is 4.79 Å². The molecule has 0 rings (SSSR count). The third-order valence-corrected chi connectivity index (χ3v) is 2.51. The maximum absolute atomic E-state index is 10.1. The number of hydrogen-bond donors (Lipinski definition) is 0. The molecule has 0 heterocycles. The lowest BCUT2D eigenvalue weighted by Gasteiger charge is -1.94. The zero-order valence-electron chi connectivity index (χ0n) is 11.6. The number of carbonyl (C=O) groups is 1. The second kappa shape index (κ2) is 15.6. The summed E-state index contributed by atoms with van der Waals surface area (Å²) in [5.74, 6) is 0. The van der Waals surface area contributed by atoms with Crippen molar-refractivity contribution in [1.82, 2.24) is 0 Å². The molecule has 0 unspecified atom stereocenters. The van der Waals surface area contributed by atoms with Crippen LogP contribution in [0.5, 0.6) is 0 Å². The van der Waals surface area contributed by atoms with Gasteiger partial charge in [-0.05, 0) is 25.7 Å². The van der Waals surface area contributed by atoms with Gasteiger partial charge in [0, 0.05) is 6.42 Å². The number of hydrogen-bond acceptors (Lipinski definition) is 1. The van der Waals surface area contributed by atoms with Crippen molar-refractivity contribution in [1.29, 1.82) is 0 Å². The Kier molecular flexibility index (Phi) is 14.4. The topological polar surface area (TPSA) is 17.1 Å². The summed E-state index contributed by atoms with van der Waals surface area (Å²) in [6.45, 7) is 2.13. The molecule has 100 valence electrons. The second-order valence-electron chi connectivity index (χ2n) is 4.19. The Morgan fingerprint density at radius 3 is 1.83 bits per heavy atom. The zero-order valence-corrected chi connectivity index (χ0v) is 11.6. The van der Waals surface area contributed by atoms with E-state index >= 15 is 0 Å². The Bertz CT molecular complexity index is 282. The van der Waals surface area contributed by atoms with Gasteiger partial charge in [-0.2, -0.15) is 0 Å². The van der Waals surface area contributed by atoms with Crippen LogP contribution in [0.4, 0.5) is 0 Å². The minimum atomic E-state index is 0.720. The monoisotopic (exact) mass is 246 g/mol. The van der Waals surface area contributed by atoms with Crippen molar-refractivity contribution in [3.8, 4) is 0 Å². The summed E-state index contributed by atoms with van der Waals surface area (Å²) in [5.41, 5.74) is 0. The lowest BCUT2D eigenvalue weighted by Crippen LogP contribution is -1.78. The molecule has 0 aliphatic rings. The van der Waals surface area contributed by atoms with Crippen molar-refractivity contribution in [2.45, 2.75) is 51.9 Å². The van der Waals surface area contributed by atoms with E-state index in [4.69, 9.17) is 0 Å². The van der Waals surface area contributed by atoms with Crippen LogP contribution >= 0.6 is 0 Å². The van der Waals surface area contributed by atoms with Gasteiger partial charge in [0.05, 0.1) is 0 Å². The fourth-order valence-electron chi connectivity index (χ4n) is 1.49. The SMILES string of the molecule is CCC=CC=CC=CC=CCCCCCCC=O. The molecule has 0 aromatic rings. The quantitative estimate of drug-likeness (QED) is 0.279. The third-order valence-electron chi connectivity index (χ3n) is 2.51. The molecule has 0 aromatic heterocycles. The van der Waals surface area contributed by atoms with E-state index in [-0.39, 0.29) is 0 Å². The molecule has 1 nitrogen and oxygen atoms in total. The molecular formula is C17H26O. The maximum Gasteiger partial charge on any atom is 0.119 e. The first-order valence-corrected chi connectivity index (χ1v) is 7.00. The molecule has 0 spiro atoms. The smallest absolute Gasteiger partial charge is 0.119 e. The van der Waals surface area contributed by atoms with Crippen molar-refractivity contribution in [3.63, 3.8) is 0 Å². The molecule has 0 N–H and O–H groups in total. The van der Waals surface area contributed by atoms with E-state index in [2.05, 4.69) is 37.3 Å². The number of unbranched alkanes of at least 4 members (excludes halogenated alkanes) is 5. The van der Waals surface area contributed by atoms with Gasteiger partial charge in [-0.1, -0.05) is 68.4 Å². The molecule has 0 saturated heterocycles. The standard InChI is InChI=1S/C17H26O/c1-2-3-4-5-6-7-8-9-10-11-12-13-14-15-16-17-18/h3-10,17H,2,11-16H2,1H3. The summed E-state index contributed by atoms with van der Waals surface area (Å²) in [6, 6.07) is 0. The first-order chi connectivity index (χ1) is 8.91. The van der Waals surface area contributed by atoms with Crippen molar-refractivity contribution >= 4 is 6.29 Å². The van der Waals surface area contributed by atoms with Crippen LogP contribution in [0.25, 0.3) is 0 Å². The molecule has 0 bridgehead atoms. The van der Waals surface area contributed by atoms with Gasteiger partial charge in [-0.15, -0.1) is 0 Å². The second-order valence-corrected chi connectivity index (χ2v) is 4.19. The van der Waals surface area contributed by atoms with Crippen LogP contribution in [0.15, 0.2) is 48.6 Å². The summed E-state index contributed by atoms with van der Waals surface area (Å²) in [4.78, 5) is 10.1. The molecule has 0 atom stereocenters. The van der Waals surface area contributed by atoms with Crippen LogP contribution in [0.1, 0.15) is 51.9 Å². The van der Waals surface area contributed by atoms with Crippen LogP contribution in [-0.4, -0.2) is 6.29 Å². The number of aldehydes is 1. The molecule has 0 saturated carbocycles. The van der Waals surface area contributed by atoms with E-state index in [0.717, 1.165) is 32.0 Å². The van der Waals surface area contributed by atoms with Gasteiger partial charge in [0.1, 0.15) is 6.29 Å². The average molecular weight is 246 g/mol. The fourth-order valence-corrected chi connectivity index (χ4v) is 1.49. The highest BCUT2D eigenvalue weighted by atomic mass is 16.1. The predicted octanol–water partition coefficient (Wildman–Crippen LogP) is 5.16. The highest BCUT2D eigenvalue weighted by Crippen LogP contribution is 2.04. The van der Waals surface area contributed by atoms with Gasteiger partial charge in [0.25, 0.3) is 0 Å². The summed E-state index contributed by atoms with van der Waals surface area (Å²) in [7, 11) is 0. The minimum absolute atomic E-state index is 0.720. The maximum atomic E-state index is 10.1. The third kappa shape index (κ3) is 14.6. The van der Waals surface area contributed by atoms with Gasteiger partial charge in [0.2, 0.25) is 0 Å². The van der Waals surface area contributed by atoms with Crippen molar-refractivity contribution < 1.29 is 4.79 Å². The minimum Gasteiger partial charge on any atom is -0.303 e. The number of carbonyl (C=O) groups excluding carboxylic acids is 1. The molecule has 0 amide bonds. The van der Waals surface area contributed by atoms with Crippen LogP contribution in [0, 0.1) is 0 Å². The first-order valence-electron chi connectivity index (χ1n) is 7.00. The van der Waals surface area contributed by atoms with Crippen LogP contribution < -0.4 is 0 Å². The van der Waals surface area contributed by atoms with E-state index in [0.29, 0.717) is 0 Å². The van der Waals surface area contributed by atoms with Crippen molar-refractivity contribution in [2.24, 2.45) is 0 Å². The van der Waals surface area contributed by atoms with Crippen molar-refractivity contribution in [2.75, 3.05) is 0 Å². The Hall–Kier alpha value is -1.37. The summed E-state index contributed by atoms with van der Waals surface area (Å²) in [5, 5.41) is 0. The van der Waals surface area contributed by atoms with Crippen LogP contribution in [0.2, 0.25) is 0 Å². The highest BCUT2D eigenvalue weighted by molar-refractivity contribution is 5.48. The van der Waals surface area contributed by atoms with Gasteiger partial charge < -0.3 is 4.79 Å². The number of allylic oxidation sites excluding steroid dienone is 8. The van der Waals surface area contributed by atoms with Gasteiger partial charge in [-0.3, -0.25) is 0 Å². The molecule has 0 aromatic carbocycles. The summed E-state index contributed by atoms with van der Waals surface area (Å²) in [6.07, 6.45) is 25.3. The Labute approximate surface area is 112 Å². The Balaban J connectivity index is 3.37. The van der Waals surface area contributed by atoms with Gasteiger partial charge in [0.15, 0.2) is 0 Å². The lowest BCUT2D eigenvalue weighted by atomic mass is 10.1. The predicted molar refractivity (Wildman–Crippen MR) is 80.6 cm³/mol. The number of rotatable bonds is 11. The van der Waals surface area contributed by atoms with E-state index in [1.54, 1.807) is 0 Å². The highest BCUT2D eigenvalue weighted by Gasteiger charge is 1.87. The summed E-state index contributed by atoms with van der Waals surface area (Å²) >= 11 is 0. The van der Waals surface area contributed by atoms with E-state index in [1.807, 2.05) is 18.2 Å². The van der Waals surface area contributed by atoms with Gasteiger partial charge in [-0.25, -0.2) is 0 Å². The van der Waals surface area contributed by atoms with E-state index < -0.39 is 0 Å². The van der Waals surface area contributed by atoms with Crippen LogP contribution in [0.3, 0.4) is 0 Å². The van der Waals surface area contributed by atoms with Gasteiger partial charge >= 0.3 is 0 Å². The molecule has 0 aliphatic heterocycles. The van der Waals surface area contributed by atoms with Crippen molar-refractivity contribution in [3.05, 3.63) is 48.6 Å². The largest absolute Gasteiger partial charge is 0.303 e. The molecule has 18 heavy (non-hydrogen) atoms. The molecule has 1 heteroatoms.